The van der Waals surface area contributed by atoms with E-state index in [0.717, 1.165) is 4.88 Å². The fourth-order valence-electron chi connectivity index (χ4n) is 1.74. The van der Waals surface area contributed by atoms with Gasteiger partial charge in [0.2, 0.25) is 0 Å². The minimum absolute atomic E-state index is 0.155. The molecule has 0 aromatic carbocycles. The number of carbonyl (C=O) groups is 1. The van der Waals surface area contributed by atoms with Crippen LogP contribution in [0.3, 0.4) is 0 Å². The van der Waals surface area contributed by atoms with Gasteiger partial charge in [-0.2, -0.15) is 5.10 Å². The Balaban J connectivity index is 2.13. The third-order valence-electron chi connectivity index (χ3n) is 2.68. The van der Waals surface area contributed by atoms with Crippen LogP contribution in [0.4, 0.5) is 0 Å². The molecule has 2 aromatic heterocycles. The second-order valence-corrected chi connectivity index (χ2v) is 5.38. The van der Waals surface area contributed by atoms with E-state index >= 15 is 0 Å². The van der Waals surface area contributed by atoms with Crippen LogP contribution in [-0.2, 0) is 7.05 Å². The first kappa shape index (κ1) is 13.8. The molecule has 102 valence electrons. The summed E-state index contributed by atoms with van der Waals surface area (Å²) in [7, 11) is 1.80. The number of thiophene rings is 1. The molecule has 0 spiro atoms. The number of rotatable bonds is 5. The predicted octanol–water partition coefficient (Wildman–Crippen LogP) is 1.65. The van der Waals surface area contributed by atoms with E-state index in [0.29, 0.717) is 24.2 Å². The smallest absolute Gasteiger partial charge is 0.255 e. The number of hydrogen-bond acceptors (Lipinski definition) is 4. The van der Waals surface area contributed by atoms with E-state index in [-0.39, 0.29) is 5.91 Å². The van der Waals surface area contributed by atoms with Crippen LogP contribution in [0, 0.1) is 0 Å². The number of nitrogens with zero attached hydrogens (tertiary/aromatic N) is 2. The van der Waals surface area contributed by atoms with Crippen molar-refractivity contribution in [2.45, 2.75) is 19.4 Å². The minimum Gasteiger partial charge on any atom is -0.393 e. The monoisotopic (exact) mass is 279 g/mol. The van der Waals surface area contributed by atoms with E-state index in [9.17, 15) is 9.90 Å². The molecule has 0 saturated carbocycles. The summed E-state index contributed by atoms with van der Waals surface area (Å²) < 4.78 is 1.64. The van der Waals surface area contributed by atoms with Gasteiger partial charge in [0.25, 0.3) is 5.91 Å². The van der Waals surface area contributed by atoms with Crippen molar-refractivity contribution >= 4 is 17.2 Å². The fourth-order valence-corrected chi connectivity index (χ4v) is 2.46. The van der Waals surface area contributed by atoms with E-state index in [4.69, 9.17) is 0 Å². The average Bonchev–Trinajstić information content (AvgIpc) is 2.96. The molecular formula is C13H17N3O2S. The molecule has 0 aliphatic rings. The molecule has 19 heavy (non-hydrogen) atoms. The van der Waals surface area contributed by atoms with E-state index in [1.54, 1.807) is 36.2 Å². The van der Waals surface area contributed by atoms with Crippen LogP contribution < -0.4 is 5.32 Å². The highest BCUT2D eigenvalue weighted by molar-refractivity contribution is 7.13. The summed E-state index contributed by atoms with van der Waals surface area (Å²) in [6.45, 7) is 2.16. The maximum Gasteiger partial charge on any atom is 0.255 e. The van der Waals surface area contributed by atoms with Gasteiger partial charge in [-0.25, -0.2) is 0 Å². The van der Waals surface area contributed by atoms with Gasteiger partial charge in [-0.15, -0.1) is 11.3 Å². The van der Waals surface area contributed by atoms with Crippen LogP contribution in [0.25, 0.3) is 10.6 Å². The molecule has 0 fully saturated rings. The highest BCUT2D eigenvalue weighted by atomic mass is 32.1. The van der Waals surface area contributed by atoms with Gasteiger partial charge >= 0.3 is 0 Å². The summed E-state index contributed by atoms with van der Waals surface area (Å²) >= 11 is 1.55. The van der Waals surface area contributed by atoms with Crippen LogP contribution in [-0.4, -0.2) is 33.4 Å². The Labute approximate surface area is 115 Å². The zero-order valence-electron chi connectivity index (χ0n) is 11.0. The lowest BCUT2D eigenvalue weighted by Crippen LogP contribution is -2.26. The van der Waals surface area contributed by atoms with E-state index in [1.807, 2.05) is 17.5 Å². The predicted molar refractivity (Wildman–Crippen MR) is 75.2 cm³/mol. The first-order valence-electron chi connectivity index (χ1n) is 6.11. The summed E-state index contributed by atoms with van der Waals surface area (Å²) in [5, 5.41) is 18.3. The van der Waals surface area contributed by atoms with Gasteiger partial charge in [0.05, 0.1) is 16.5 Å². The third kappa shape index (κ3) is 3.42. The van der Waals surface area contributed by atoms with Gasteiger partial charge in [-0.05, 0) is 24.8 Å². The molecule has 0 radical (unpaired) electrons. The lowest BCUT2D eigenvalue weighted by molar-refractivity contribution is 0.0946. The standard InChI is InChI=1S/C13H17N3O2S/c1-9(17)5-6-14-13(18)10-8-16(2)15-12(10)11-4-3-7-19-11/h3-4,7-9,17H,5-6H2,1-2H3,(H,14,18). The maximum absolute atomic E-state index is 12.1. The molecule has 0 aliphatic heterocycles. The zero-order chi connectivity index (χ0) is 13.8. The summed E-state index contributed by atoms with van der Waals surface area (Å²) in [6.07, 6.45) is 1.85. The Hall–Kier alpha value is -1.66. The number of carbonyl (C=O) groups excluding carboxylic acids is 1. The largest absolute Gasteiger partial charge is 0.393 e. The van der Waals surface area contributed by atoms with Crippen molar-refractivity contribution in [3.8, 4) is 10.6 Å². The lowest BCUT2D eigenvalue weighted by Gasteiger charge is -2.06. The van der Waals surface area contributed by atoms with Crippen LogP contribution in [0.15, 0.2) is 23.7 Å². The number of aryl methyl sites for hydroxylation is 1. The van der Waals surface area contributed by atoms with Crippen LogP contribution in [0.5, 0.6) is 0 Å². The lowest BCUT2D eigenvalue weighted by atomic mass is 10.2. The number of aromatic nitrogens is 2. The van der Waals surface area contributed by atoms with E-state index in [1.165, 1.54) is 0 Å². The van der Waals surface area contributed by atoms with Crippen molar-refractivity contribution in [3.63, 3.8) is 0 Å². The van der Waals surface area contributed by atoms with Crippen molar-refractivity contribution in [1.29, 1.82) is 0 Å². The first-order valence-corrected chi connectivity index (χ1v) is 6.99. The Morgan fingerprint density at radius 3 is 3.05 bits per heavy atom. The second kappa shape index (κ2) is 5.99. The molecular weight excluding hydrogens is 262 g/mol. The molecule has 2 rings (SSSR count). The molecule has 0 bridgehead atoms. The first-order chi connectivity index (χ1) is 9.08. The van der Waals surface area contributed by atoms with Gasteiger partial charge in [0.15, 0.2) is 0 Å². The van der Waals surface area contributed by atoms with Crippen LogP contribution >= 0.6 is 11.3 Å². The molecule has 0 aliphatic carbocycles. The van der Waals surface area contributed by atoms with Gasteiger partial charge in [-0.1, -0.05) is 6.07 Å². The summed E-state index contributed by atoms with van der Waals surface area (Å²) in [5.41, 5.74) is 1.27. The van der Waals surface area contributed by atoms with Gasteiger partial charge < -0.3 is 10.4 Å². The average molecular weight is 279 g/mol. The summed E-state index contributed by atoms with van der Waals surface area (Å²) in [5.74, 6) is -0.155. The molecule has 6 heteroatoms. The topological polar surface area (TPSA) is 67.2 Å². The molecule has 5 nitrogen and oxygen atoms in total. The Morgan fingerprint density at radius 1 is 1.63 bits per heavy atom. The third-order valence-corrected chi connectivity index (χ3v) is 3.55. The maximum atomic E-state index is 12.1. The zero-order valence-corrected chi connectivity index (χ0v) is 11.8. The number of amides is 1. The Kier molecular flexibility index (Phi) is 4.34. The van der Waals surface area contributed by atoms with Crippen molar-refractivity contribution in [2.24, 2.45) is 7.05 Å². The Morgan fingerprint density at radius 2 is 2.42 bits per heavy atom. The minimum atomic E-state index is -0.411. The van der Waals surface area contributed by atoms with Crippen molar-refractivity contribution in [3.05, 3.63) is 29.3 Å². The number of aliphatic hydroxyl groups is 1. The summed E-state index contributed by atoms with van der Waals surface area (Å²) in [6, 6.07) is 3.88. The van der Waals surface area contributed by atoms with Crippen molar-refractivity contribution in [2.75, 3.05) is 6.54 Å². The molecule has 1 atom stereocenters. The molecule has 2 N–H and O–H groups in total. The molecule has 2 heterocycles. The van der Waals surface area contributed by atoms with Gasteiger partial charge in [0.1, 0.15) is 5.69 Å². The Bertz CT molecular complexity index is 546. The fraction of sp³-hybridized carbons (Fsp3) is 0.385. The van der Waals surface area contributed by atoms with Gasteiger partial charge in [-0.3, -0.25) is 9.48 Å². The van der Waals surface area contributed by atoms with Crippen molar-refractivity contribution in [1.82, 2.24) is 15.1 Å². The quantitative estimate of drug-likeness (QED) is 0.874. The SMILES string of the molecule is CC(O)CCNC(=O)c1cn(C)nc1-c1cccs1. The summed E-state index contributed by atoms with van der Waals surface area (Å²) in [4.78, 5) is 13.1. The molecule has 1 amide bonds. The number of hydrogen-bond donors (Lipinski definition) is 2. The van der Waals surface area contributed by atoms with Crippen LogP contribution in [0.1, 0.15) is 23.7 Å². The highest BCUT2D eigenvalue weighted by Gasteiger charge is 2.17. The molecule has 2 aromatic rings. The number of nitrogens with one attached hydrogen (secondary N) is 1. The van der Waals surface area contributed by atoms with E-state index < -0.39 is 6.10 Å². The van der Waals surface area contributed by atoms with E-state index in [2.05, 4.69) is 10.4 Å². The number of aliphatic hydroxyl groups excluding tert-OH is 1. The molecule has 0 saturated heterocycles. The normalized spacial score (nSPS) is 12.4. The highest BCUT2D eigenvalue weighted by Crippen LogP contribution is 2.26. The molecule has 1 unspecified atom stereocenters. The van der Waals surface area contributed by atoms with Gasteiger partial charge in [0, 0.05) is 19.8 Å². The van der Waals surface area contributed by atoms with Crippen LogP contribution in [0.2, 0.25) is 0 Å². The van der Waals surface area contributed by atoms with Crippen molar-refractivity contribution < 1.29 is 9.90 Å². The second-order valence-electron chi connectivity index (χ2n) is 4.44.